The number of hydrogen-bond acceptors (Lipinski definition) is 3. The second-order valence-corrected chi connectivity index (χ2v) is 4.37. The van der Waals surface area contributed by atoms with Crippen LogP contribution in [0.25, 0.3) is 0 Å². The van der Waals surface area contributed by atoms with Gasteiger partial charge in [0, 0.05) is 5.02 Å². The molecule has 0 aliphatic carbocycles. The maximum Gasteiger partial charge on any atom is 0.337 e. The third-order valence-electron chi connectivity index (χ3n) is 2.57. The van der Waals surface area contributed by atoms with Gasteiger partial charge in [-0.25, -0.2) is 4.79 Å². The number of halogens is 1. The maximum atomic E-state index is 11.3. The van der Waals surface area contributed by atoms with Crippen LogP contribution in [-0.2, 0) is 11.3 Å². The van der Waals surface area contributed by atoms with E-state index in [-0.39, 0.29) is 5.97 Å². The fourth-order valence-corrected chi connectivity index (χ4v) is 1.81. The van der Waals surface area contributed by atoms with Gasteiger partial charge in [-0.3, -0.25) is 0 Å². The van der Waals surface area contributed by atoms with Gasteiger partial charge < -0.3 is 9.47 Å². The summed E-state index contributed by atoms with van der Waals surface area (Å²) in [7, 11) is 1.35. The molecular weight excluding hydrogens is 264 g/mol. The smallest absolute Gasteiger partial charge is 0.337 e. The van der Waals surface area contributed by atoms with E-state index in [1.807, 2.05) is 24.3 Å². The number of benzene rings is 2. The number of methoxy groups -OCH3 is 1. The molecule has 2 rings (SSSR count). The summed E-state index contributed by atoms with van der Waals surface area (Å²) in [5.74, 6) is 0.328. The van der Waals surface area contributed by atoms with E-state index in [4.69, 9.17) is 16.3 Å². The van der Waals surface area contributed by atoms with Crippen molar-refractivity contribution in [2.24, 2.45) is 0 Å². The molecule has 0 bridgehead atoms. The Morgan fingerprint density at radius 1 is 1.16 bits per heavy atom. The standard InChI is InChI=1S/C15H13ClO3/c1-18-15(17)12-5-7-14(8-6-12)19-10-11-3-2-4-13(16)9-11/h2-9H,10H2,1H3. The Kier molecular flexibility index (Phi) is 4.42. The lowest BCUT2D eigenvalue weighted by molar-refractivity contribution is 0.0600. The second-order valence-electron chi connectivity index (χ2n) is 3.93. The minimum absolute atomic E-state index is 0.360. The molecule has 0 saturated heterocycles. The van der Waals surface area contributed by atoms with Crippen molar-refractivity contribution in [2.75, 3.05) is 7.11 Å². The van der Waals surface area contributed by atoms with E-state index < -0.39 is 0 Å². The summed E-state index contributed by atoms with van der Waals surface area (Å²) >= 11 is 5.89. The van der Waals surface area contributed by atoms with Gasteiger partial charge in [0.25, 0.3) is 0 Å². The lowest BCUT2D eigenvalue weighted by atomic mass is 10.2. The van der Waals surface area contributed by atoms with Crippen LogP contribution in [0.3, 0.4) is 0 Å². The summed E-state index contributed by atoms with van der Waals surface area (Å²) in [6, 6.07) is 14.3. The number of ether oxygens (including phenoxy) is 2. The van der Waals surface area contributed by atoms with E-state index in [0.29, 0.717) is 22.9 Å². The topological polar surface area (TPSA) is 35.5 Å². The molecule has 0 N–H and O–H groups in total. The van der Waals surface area contributed by atoms with Crippen molar-refractivity contribution in [1.29, 1.82) is 0 Å². The Morgan fingerprint density at radius 2 is 1.89 bits per heavy atom. The summed E-state index contributed by atoms with van der Waals surface area (Å²) in [6.07, 6.45) is 0. The van der Waals surface area contributed by atoms with Crippen molar-refractivity contribution in [3.05, 3.63) is 64.7 Å². The molecule has 0 aliphatic rings. The summed E-state index contributed by atoms with van der Waals surface area (Å²) in [6.45, 7) is 0.429. The van der Waals surface area contributed by atoms with Crippen LogP contribution in [0.5, 0.6) is 5.75 Å². The van der Waals surface area contributed by atoms with Crippen molar-refractivity contribution < 1.29 is 14.3 Å². The molecule has 3 nitrogen and oxygen atoms in total. The van der Waals surface area contributed by atoms with Gasteiger partial charge in [0.15, 0.2) is 0 Å². The van der Waals surface area contributed by atoms with Gasteiger partial charge >= 0.3 is 5.97 Å². The molecule has 19 heavy (non-hydrogen) atoms. The molecule has 0 amide bonds. The third kappa shape index (κ3) is 3.73. The number of carbonyl (C=O) groups excluding carboxylic acids is 1. The maximum absolute atomic E-state index is 11.3. The number of hydrogen-bond donors (Lipinski definition) is 0. The van der Waals surface area contributed by atoms with Crippen molar-refractivity contribution in [1.82, 2.24) is 0 Å². The van der Waals surface area contributed by atoms with E-state index >= 15 is 0 Å². The number of esters is 1. The van der Waals surface area contributed by atoms with Gasteiger partial charge in [0.05, 0.1) is 12.7 Å². The molecule has 0 atom stereocenters. The fraction of sp³-hybridized carbons (Fsp3) is 0.133. The van der Waals surface area contributed by atoms with E-state index in [1.54, 1.807) is 24.3 Å². The number of rotatable bonds is 4. The van der Waals surface area contributed by atoms with Crippen LogP contribution in [0.1, 0.15) is 15.9 Å². The normalized spacial score (nSPS) is 10.0. The average Bonchev–Trinajstić information content (AvgIpc) is 2.45. The molecule has 0 aromatic heterocycles. The van der Waals surface area contributed by atoms with Crippen molar-refractivity contribution >= 4 is 17.6 Å². The van der Waals surface area contributed by atoms with E-state index in [0.717, 1.165) is 5.56 Å². The van der Waals surface area contributed by atoms with Crippen LogP contribution in [0.15, 0.2) is 48.5 Å². The second kappa shape index (κ2) is 6.25. The number of carbonyl (C=O) groups is 1. The molecule has 0 saturated carbocycles. The quantitative estimate of drug-likeness (QED) is 0.799. The highest BCUT2D eigenvalue weighted by atomic mass is 35.5. The van der Waals surface area contributed by atoms with Crippen LogP contribution in [-0.4, -0.2) is 13.1 Å². The van der Waals surface area contributed by atoms with Gasteiger partial charge in [-0.15, -0.1) is 0 Å². The minimum atomic E-state index is -0.360. The van der Waals surface area contributed by atoms with Gasteiger partial charge in [0.2, 0.25) is 0 Å². The van der Waals surface area contributed by atoms with Crippen molar-refractivity contribution in [3.63, 3.8) is 0 Å². The zero-order valence-corrected chi connectivity index (χ0v) is 11.2. The summed E-state index contributed by atoms with van der Waals surface area (Å²) < 4.78 is 10.2. The first kappa shape index (κ1) is 13.4. The van der Waals surface area contributed by atoms with E-state index in [1.165, 1.54) is 7.11 Å². The van der Waals surface area contributed by atoms with Crippen LogP contribution in [0, 0.1) is 0 Å². The molecule has 0 heterocycles. The van der Waals surface area contributed by atoms with Crippen molar-refractivity contribution in [2.45, 2.75) is 6.61 Å². The molecule has 0 aliphatic heterocycles. The molecule has 4 heteroatoms. The van der Waals surface area contributed by atoms with Crippen LogP contribution >= 0.6 is 11.6 Å². The van der Waals surface area contributed by atoms with Gasteiger partial charge in [-0.05, 0) is 42.0 Å². The minimum Gasteiger partial charge on any atom is -0.489 e. The molecule has 0 spiro atoms. The molecule has 0 unspecified atom stereocenters. The first-order valence-corrected chi connectivity index (χ1v) is 6.12. The SMILES string of the molecule is COC(=O)c1ccc(OCc2cccc(Cl)c2)cc1. The van der Waals surface area contributed by atoms with Gasteiger partial charge in [-0.2, -0.15) is 0 Å². The van der Waals surface area contributed by atoms with E-state index in [2.05, 4.69) is 4.74 Å². The zero-order valence-electron chi connectivity index (χ0n) is 10.4. The van der Waals surface area contributed by atoms with Crippen molar-refractivity contribution in [3.8, 4) is 5.75 Å². The molecule has 0 radical (unpaired) electrons. The highest BCUT2D eigenvalue weighted by molar-refractivity contribution is 6.30. The largest absolute Gasteiger partial charge is 0.489 e. The molecule has 98 valence electrons. The van der Waals surface area contributed by atoms with Crippen LogP contribution < -0.4 is 4.74 Å². The summed E-state index contributed by atoms with van der Waals surface area (Å²) in [4.78, 5) is 11.3. The van der Waals surface area contributed by atoms with Gasteiger partial charge in [-0.1, -0.05) is 23.7 Å². The Balaban J connectivity index is 1.98. The summed E-state index contributed by atoms with van der Waals surface area (Å²) in [5.41, 5.74) is 1.49. The fourth-order valence-electron chi connectivity index (χ4n) is 1.60. The Morgan fingerprint density at radius 3 is 2.53 bits per heavy atom. The highest BCUT2D eigenvalue weighted by Crippen LogP contribution is 2.16. The average molecular weight is 277 g/mol. The molecule has 2 aromatic rings. The Hall–Kier alpha value is -2.00. The lowest BCUT2D eigenvalue weighted by Gasteiger charge is -2.07. The van der Waals surface area contributed by atoms with Crippen LogP contribution in [0.2, 0.25) is 5.02 Å². The first-order chi connectivity index (χ1) is 9.19. The summed E-state index contributed by atoms with van der Waals surface area (Å²) in [5, 5.41) is 0.683. The zero-order chi connectivity index (χ0) is 13.7. The van der Waals surface area contributed by atoms with Crippen LogP contribution in [0.4, 0.5) is 0 Å². The monoisotopic (exact) mass is 276 g/mol. The Bertz CT molecular complexity index is 564. The Labute approximate surface area is 116 Å². The molecular formula is C15H13ClO3. The molecule has 0 fully saturated rings. The molecule has 2 aromatic carbocycles. The van der Waals surface area contributed by atoms with Gasteiger partial charge in [0.1, 0.15) is 12.4 Å². The third-order valence-corrected chi connectivity index (χ3v) is 2.81. The lowest BCUT2D eigenvalue weighted by Crippen LogP contribution is -2.01. The predicted octanol–water partition coefficient (Wildman–Crippen LogP) is 3.71. The predicted molar refractivity (Wildman–Crippen MR) is 73.6 cm³/mol. The van der Waals surface area contributed by atoms with E-state index in [9.17, 15) is 4.79 Å². The first-order valence-electron chi connectivity index (χ1n) is 5.74. The highest BCUT2D eigenvalue weighted by Gasteiger charge is 2.04.